The van der Waals surface area contributed by atoms with Crippen molar-refractivity contribution >= 4 is 17.5 Å². The van der Waals surface area contributed by atoms with Crippen molar-refractivity contribution in [1.82, 2.24) is 5.32 Å². The fourth-order valence-electron chi connectivity index (χ4n) is 8.10. The SMILES string of the molecule is COc1ccccc1NC(=O)[C@H]1CC[C@H]2[C@@H]3CC[C@H]4NC(=O)CC[C@]4(C)[C@H]3CC[C@]12C. The highest BCUT2D eigenvalue weighted by Gasteiger charge is 2.61. The molecule has 1 heterocycles. The first-order valence-corrected chi connectivity index (χ1v) is 12.1. The van der Waals surface area contributed by atoms with Crippen LogP contribution in [0.15, 0.2) is 24.3 Å². The lowest BCUT2D eigenvalue weighted by Gasteiger charge is -2.60. The zero-order valence-corrected chi connectivity index (χ0v) is 19.1. The van der Waals surface area contributed by atoms with Crippen molar-refractivity contribution in [2.45, 2.75) is 71.3 Å². The number of hydrogen-bond acceptors (Lipinski definition) is 3. The van der Waals surface area contributed by atoms with Crippen LogP contribution < -0.4 is 15.4 Å². The molecular formula is C26H36N2O3. The first-order valence-electron chi connectivity index (χ1n) is 12.1. The Balaban J connectivity index is 1.35. The van der Waals surface area contributed by atoms with E-state index in [1.807, 2.05) is 24.3 Å². The number of carbonyl (C=O) groups is 2. The molecule has 1 saturated heterocycles. The summed E-state index contributed by atoms with van der Waals surface area (Å²) in [4.78, 5) is 25.4. The molecule has 1 aromatic carbocycles. The maximum atomic E-state index is 13.4. The molecule has 4 fully saturated rings. The number of carbonyl (C=O) groups excluding carboxylic acids is 2. The van der Waals surface area contributed by atoms with E-state index in [4.69, 9.17) is 4.74 Å². The van der Waals surface area contributed by atoms with Gasteiger partial charge in [-0.25, -0.2) is 0 Å². The number of benzene rings is 1. The van der Waals surface area contributed by atoms with Gasteiger partial charge in [0, 0.05) is 18.4 Å². The van der Waals surface area contributed by atoms with Crippen LogP contribution in [0.4, 0.5) is 5.69 Å². The molecule has 31 heavy (non-hydrogen) atoms. The molecule has 4 aliphatic rings. The molecule has 7 atom stereocenters. The smallest absolute Gasteiger partial charge is 0.228 e. The summed E-state index contributed by atoms with van der Waals surface area (Å²) < 4.78 is 5.44. The first kappa shape index (κ1) is 20.8. The van der Waals surface area contributed by atoms with Gasteiger partial charge in [0.05, 0.1) is 12.8 Å². The number of fused-ring (bicyclic) bond motifs is 5. The normalized spacial score (nSPS) is 41.4. The lowest BCUT2D eigenvalue weighted by atomic mass is 9.47. The molecule has 1 aliphatic heterocycles. The summed E-state index contributed by atoms with van der Waals surface area (Å²) in [6, 6.07) is 8.01. The summed E-state index contributed by atoms with van der Waals surface area (Å²) in [5.74, 6) is 3.10. The molecule has 168 valence electrons. The van der Waals surface area contributed by atoms with Crippen molar-refractivity contribution in [3.63, 3.8) is 0 Å². The minimum Gasteiger partial charge on any atom is -0.495 e. The standard InChI is InChI=1S/C26H36N2O3/c1-25-14-12-18-16(8-11-22-26(18,2)15-13-23(29)28-22)17(25)9-10-19(25)24(30)27-20-6-4-5-7-21(20)31-3/h4-7,16-19,22H,8-15H2,1-3H3,(H,27,30)(H,28,29)/t16-,17-,18-,19+,22+,25-,26+/m0/s1. The van der Waals surface area contributed by atoms with Gasteiger partial charge in [0.2, 0.25) is 11.8 Å². The van der Waals surface area contributed by atoms with Gasteiger partial charge in [0.15, 0.2) is 0 Å². The zero-order valence-electron chi connectivity index (χ0n) is 19.1. The number of nitrogens with one attached hydrogen (secondary N) is 2. The first-order chi connectivity index (χ1) is 14.9. The zero-order chi connectivity index (χ0) is 21.8. The molecule has 0 radical (unpaired) electrons. The maximum absolute atomic E-state index is 13.4. The predicted octanol–water partition coefficient (Wildman–Crippen LogP) is 4.77. The van der Waals surface area contributed by atoms with Gasteiger partial charge in [-0.05, 0) is 85.7 Å². The molecule has 0 spiro atoms. The van der Waals surface area contributed by atoms with Gasteiger partial charge in [-0.3, -0.25) is 9.59 Å². The van der Waals surface area contributed by atoms with Crippen LogP contribution in [0.3, 0.4) is 0 Å². The van der Waals surface area contributed by atoms with E-state index in [1.54, 1.807) is 7.11 Å². The van der Waals surface area contributed by atoms with E-state index in [1.165, 1.54) is 12.8 Å². The lowest BCUT2D eigenvalue weighted by Crippen LogP contribution is -2.61. The maximum Gasteiger partial charge on any atom is 0.228 e. The number of ether oxygens (including phenoxy) is 1. The third-order valence-corrected chi connectivity index (χ3v) is 9.78. The molecule has 1 aromatic rings. The molecule has 0 unspecified atom stereocenters. The highest BCUT2D eigenvalue weighted by Crippen LogP contribution is 2.65. The summed E-state index contributed by atoms with van der Waals surface area (Å²) in [5, 5.41) is 6.49. The number of hydrogen-bond donors (Lipinski definition) is 2. The van der Waals surface area contributed by atoms with Crippen molar-refractivity contribution in [2.75, 3.05) is 12.4 Å². The molecule has 5 heteroatoms. The second kappa shape index (κ2) is 7.53. The largest absolute Gasteiger partial charge is 0.495 e. The Hall–Kier alpha value is -2.04. The average molecular weight is 425 g/mol. The van der Waals surface area contributed by atoms with E-state index in [0.717, 1.165) is 37.8 Å². The molecule has 2 amide bonds. The molecule has 5 nitrogen and oxygen atoms in total. The molecule has 2 N–H and O–H groups in total. The summed E-state index contributed by atoms with van der Waals surface area (Å²) >= 11 is 0. The predicted molar refractivity (Wildman–Crippen MR) is 121 cm³/mol. The van der Waals surface area contributed by atoms with Crippen molar-refractivity contribution in [1.29, 1.82) is 0 Å². The van der Waals surface area contributed by atoms with Crippen molar-refractivity contribution in [2.24, 2.45) is 34.5 Å². The Morgan fingerprint density at radius 2 is 1.81 bits per heavy atom. The van der Waals surface area contributed by atoms with E-state index in [0.29, 0.717) is 36.0 Å². The van der Waals surface area contributed by atoms with Crippen molar-refractivity contribution in [3.8, 4) is 5.75 Å². The molecular weight excluding hydrogens is 388 g/mol. The minimum absolute atomic E-state index is 0.0555. The van der Waals surface area contributed by atoms with E-state index < -0.39 is 0 Å². The van der Waals surface area contributed by atoms with Crippen LogP contribution in [-0.4, -0.2) is 25.0 Å². The number of anilines is 1. The Kier molecular flexibility index (Phi) is 5.06. The quantitative estimate of drug-likeness (QED) is 0.734. The van der Waals surface area contributed by atoms with Crippen LogP contribution in [0.5, 0.6) is 5.75 Å². The van der Waals surface area contributed by atoms with Crippen LogP contribution in [0.2, 0.25) is 0 Å². The number of amides is 2. The Morgan fingerprint density at radius 3 is 2.61 bits per heavy atom. The number of para-hydroxylation sites is 2. The highest BCUT2D eigenvalue weighted by molar-refractivity contribution is 5.94. The lowest BCUT2D eigenvalue weighted by molar-refractivity contribution is -0.140. The molecule has 0 aromatic heterocycles. The van der Waals surface area contributed by atoms with E-state index in [9.17, 15) is 9.59 Å². The topological polar surface area (TPSA) is 67.4 Å². The van der Waals surface area contributed by atoms with Crippen LogP contribution in [0.25, 0.3) is 0 Å². The second-order valence-corrected chi connectivity index (χ2v) is 10.9. The minimum atomic E-state index is 0.0555. The summed E-state index contributed by atoms with van der Waals surface area (Å²) in [5.41, 5.74) is 1.05. The average Bonchev–Trinajstić information content (AvgIpc) is 3.12. The van der Waals surface area contributed by atoms with Gasteiger partial charge in [-0.2, -0.15) is 0 Å². The van der Waals surface area contributed by atoms with Crippen molar-refractivity contribution in [3.05, 3.63) is 24.3 Å². The summed E-state index contributed by atoms with van der Waals surface area (Å²) in [7, 11) is 1.64. The van der Waals surface area contributed by atoms with E-state index in [2.05, 4.69) is 24.5 Å². The fraction of sp³-hybridized carbons (Fsp3) is 0.692. The molecule has 3 saturated carbocycles. The van der Waals surface area contributed by atoms with Crippen LogP contribution in [-0.2, 0) is 9.59 Å². The van der Waals surface area contributed by atoms with Gasteiger partial charge in [-0.15, -0.1) is 0 Å². The summed E-state index contributed by atoms with van der Waals surface area (Å²) in [6.07, 6.45) is 8.38. The van der Waals surface area contributed by atoms with Gasteiger partial charge in [-0.1, -0.05) is 26.0 Å². The number of rotatable bonds is 3. The van der Waals surface area contributed by atoms with Crippen LogP contribution >= 0.6 is 0 Å². The third kappa shape index (κ3) is 3.18. The summed E-state index contributed by atoms with van der Waals surface area (Å²) in [6.45, 7) is 4.81. The monoisotopic (exact) mass is 424 g/mol. The number of methoxy groups -OCH3 is 1. The van der Waals surface area contributed by atoms with Gasteiger partial charge in [0.25, 0.3) is 0 Å². The van der Waals surface area contributed by atoms with Gasteiger partial charge in [0.1, 0.15) is 5.75 Å². The van der Waals surface area contributed by atoms with E-state index >= 15 is 0 Å². The third-order valence-electron chi connectivity index (χ3n) is 9.78. The van der Waals surface area contributed by atoms with Crippen LogP contribution in [0.1, 0.15) is 65.2 Å². The Labute approximate surface area is 185 Å². The molecule has 3 aliphatic carbocycles. The highest BCUT2D eigenvalue weighted by atomic mass is 16.5. The Morgan fingerprint density at radius 1 is 1.03 bits per heavy atom. The second-order valence-electron chi connectivity index (χ2n) is 10.9. The Bertz CT molecular complexity index is 885. The van der Waals surface area contributed by atoms with Crippen molar-refractivity contribution < 1.29 is 14.3 Å². The van der Waals surface area contributed by atoms with Crippen LogP contribution in [0, 0.1) is 34.5 Å². The number of piperidine rings is 1. The molecule has 5 rings (SSSR count). The van der Waals surface area contributed by atoms with Gasteiger partial charge >= 0.3 is 0 Å². The fourth-order valence-corrected chi connectivity index (χ4v) is 8.10. The van der Waals surface area contributed by atoms with Gasteiger partial charge < -0.3 is 15.4 Å². The van der Waals surface area contributed by atoms with E-state index in [-0.39, 0.29) is 28.6 Å². The molecule has 0 bridgehead atoms.